The van der Waals surface area contributed by atoms with Crippen molar-refractivity contribution in [2.24, 2.45) is 0 Å². The molecule has 1 aromatic carbocycles. The summed E-state index contributed by atoms with van der Waals surface area (Å²) in [6, 6.07) is 8.09. The Labute approximate surface area is 136 Å². The molecule has 0 saturated heterocycles. The molecule has 1 amide bonds. The highest BCUT2D eigenvalue weighted by atomic mass is 19.1. The Morgan fingerprint density at radius 3 is 2.70 bits per heavy atom. The molecule has 0 aliphatic carbocycles. The summed E-state index contributed by atoms with van der Waals surface area (Å²) in [6.07, 6.45) is 6.12. The number of amides is 1. The first-order chi connectivity index (χ1) is 11.2. The van der Waals surface area contributed by atoms with E-state index < -0.39 is 0 Å². The third-order valence-electron chi connectivity index (χ3n) is 3.47. The lowest BCUT2D eigenvalue weighted by atomic mass is 10.1. The molecule has 0 fully saturated rings. The smallest absolute Gasteiger partial charge is 0.252 e. The first-order valence-electron chi connectivity index (χ1n) is 7.90. The van der Waals surface area contributed by atoms with Gasteiger partial charge in [0.2, 0.25) is 0 Å². The van der Waals surface area contributed by atoms with Crippen LogP contribution >= 0.6 is 0 Å². The van der Waals surface area contributed by atoms with E-state index in [-0.39, 0.29) is 11.7 Å². The Balaban J connectivity index is 1.82. The van der Waals surface area contributed by atoms with Crippen LogP contribution in [0.25, 0.3) is 0 Å². The highest BCUT2D eigenvalue weighted by Crippen LogP contribution is 2.09. The number of hydrogen-bond acceptors (Lipinski definition) is 3. The summed E-state index contributed by atoms with van der Waals surface area (Å²) < 4.78 is 12.8. The van der Waals surface area contributed by atoms with Crippen LogP contribution in [0.3, 0.4) is 0 Å². The molecule has 1 aromatic heterocycles. The highest BCUT2D eigenvalue weighted by Gasteiger charge is 2.06. The lowest BCUT2D eigenvalue weighted by Gasteiger charge is -2.08. The van der Waals surface area contributed by atoms with Crippen LogP contribution in [0.15, 0.2) is 42.7 Å². The summed E-state index contributed by atoms with van der Waals surface area (Å²) >= 11 is 0. The van der Waals surface area contributed by atoms with Crippen molar-refractivity contribution in [3.8, 4) is 0 Å². The second-order valence-electron chi connectivity index (χ2n) is 5.37. The lowest BCUT2D eigenvalue weighted by molar-refractivity contribution is 0.0954. The van der Waals surface area contributed by atoms with Gasteiger partial charge in [0.05, 0.1) is 11.3 Å². The number of unbranched alkanes of at least 4 members (excludes halogenated alkanes) is 1. The van der Waals surface area contributed by atoms with Gasteiger partial charge < -0.3 is 10.6 Å². The van der Waals surface area contributed by atoms with E-state index in [0.717, 1.165) is 30.6 Å². The van der Waals surface area contributed by atoms with Crippen LogP contribution in [0.1, 0.15) is 35.7 Å². The summed E-state index contributed by atoms with van der Waals surface area (Å²) in [6.45, 7) is 3.50. The minimum atomic E-state index is -0.253. The van der Waals surface area contributed by atoms with Gasteiger partial charge in [-0.15, -0.1) is 0 Å². The number of pyridine rings is 1. The monoisotopic (exact) mass is 315 g/mol. The van der Waals surface area contributed by atoms with Gasteiger partial charge in [-0.25, -0.2) is 4.39 Å². The van der Waals surface area contributed by atoms with Crippen molar-refractivity contribution in [3.05, 3.63) is 59.7 Å². The van der Waals surface area contributed by atoms with Crippen molar-refractivity contribution >= 4 is 11.6 Å². The third-order valence-corrected chi connectivity index (χ3v) is 3.47. The number of anilines is 1. The predicted molar refractivity (Wildman–Crippen MR) is 90.1 cm³/mol. The lowest BCUT2D eigenvalue weighted by Crippen LogP contribution is -2.25. The number of halogens is 1. The molecule has 0 unspecified atom stereocenters. The molecule has 0 saturated carbocycles. The van der Waals surface area contributed by atoms with Crippen LogP contribution < -0.4 is 10.6 Å². The first kappa shape index (κ1) is 16.9. The number of aromatic nitrogens is 1. The predicted octanol–water partition coefficient (Wildman–Crippen LogP) is 3.41. The number of nitrogens with zero attached hydrogens (tertiary/aromatic N) is 1. The molecule has 5 heteroatoms. The van der Waals surface area contributed by atoms with Gasteiger partial charge in [0.25, 0.3) is 5.91 Å². The van der Waals surface area contributed by atoms with Gasteiger partial charge in [-0.3, -0.25) is 9.78 Å². The first-order valence-corrected chi connectivity index (χ1v) is 7.90. The van der Waals surface area contributed by atoms with Crippen LogP contribution in [0.5, 0.6) is 0 Å². The van der Waals surface area contributed by atoms with Crippen molar-refractivity contribution < 1.29 is 9.18 Å². The molecule has 0 aliphatic rings. The van der Waals surface area contributed by atoms with Crippen molar-refractivity contribution in [2.75, 3.05) is 18.4 Å². The maximum absolute atomic E-state index is 12.8. The van der Waals surface area contributed by atoms with Gasteiger partial charge in [0, 0.05) is 25.5 Å². The summed E-state index contributed by atoms with van der Waals surface area (Å²) in [5.74, 6) is -0.407. The zero-order valence-corrected chi connectivity index (χ0v) is 13.3. The third kappa shape index (κ3) is 5.70. The second-order valence-corrected chi connectivity index (χ2v) is 5.37. The van der Waals surface area contributed by atoms with Gasteiger partial charge in [0.15, 0.2) is 0 Å². The number of hydrogen-bond donors (Lipinski definition) is 2. The van der Waals surface area contributed by atoms with Crippen LogP contribution in [0.2, 0.25) is 0 Å². The fourth-order valence-electron chi connectivity index (χ4n) is 2.14. The van der Waals surface area contributed by atoms with Crippen molar-refractivity contribution in [1.29, 1.82) is 0 Å². The Morgan fingerprint density at radius 1 is 1.17 bits per heavy atom. The molecule has 4 nitrogen and oxygen atoms in total. The molecule has 0 spiro atoms. The zero-order chi connectivity index (χ0) is 16.5. The number of benzene rings is 1. The number of rotatable bonds is 8. The molecule has 2 aromatic rings. The van der Waals surface area contributed by atoms with E-state index in [4.69, 9.17) is 0 Å². The van der Waals surface area contributed by atoms with E-state index in [9.17, 15) is 9.18 Å². The van der Waals surface area contributed by atoms with Crippen LogP contribution in [0, 0.1) is 5.82 Å². The van der Waals surface area contributed by atoms with E-state index in [1.807, 2.05) is 0 Å². The van der Waals surface area contributed by atoms with Crippen LogP contribution in [-0.4, -0.2) is 24.0 Å². The van der Waals surface area contributed by atoms with Crippen LogP contribution in [0.4, 0.5) is 10.1 Å². The van der Waals surface area contributed by atoms with Gasteiger partial charge in [0.1, 0.15) is 5.82 Å². The molecule has 1 heterocycles. The normalized spacial score (nSPS) is 10.3. The minimum absolute atomic E-state index is 0.154. The second kappa shape index (κ2) is 8.88. The molecule has 2 N–H and O–H groups in total. The van der Waals surface area contributed by atoms with E-state index in [1.54, 1.807) is 30.6 Å². The quantitative estimate of drug-likeness (QED) is 0.734. The average Bonchev–Trinajstić information content (AvgIpc) is 2.57. The molecule has 0 bridgehead atoms. The van der Waals surface area contributed by atoms with E-state index in [0.29, 0.717) is 18.5 Å². The van der Waals surface area contributed by atoms with Crippen molar-refractivity contribution in [2.45, 2.75) is 26.2 Å². The maximum atomic E-state index is 12.8. The van der Waals surface area contributed by atoms with Crippen molar-refractivity contribution in [3.63, 3.8) is 0 Å². The van der Waals surface area contributed by atoms with Gasteiger partial charge in [-0.1, -0.05) is 25.5 Å². The summed E-state index contributed by atoms with van der Waals surface area (Å²) in [4.78, 5) is 16.2. The molecule has 2 rings (SSSR count). The van der Waals surface area contributed by atoms with Gasteiger partial charge >= 0.3 is 0 Å². The summed E-state index contributed by atoms with van der Waals surface area (Å²) in [5, 5.41) is 6.11. The summed E-state index contributed by atoms with van der Waals surface area (Å²) in [5.41, 5.74) is 2.37. The Morgan fingerprint density at radius 2 is 1.96 bits per heavy atom. The standard InChI is InChI=1S/C18H22FN3O/c1-2-3-9-21-17-11-15(12-20-13-17)18(23)22-10-8-14-4-6-16(19)7-5-14/h4-7,11-13,21H,2-3,8-10H2,1H3,(H,22,23). The van der Waals surface area contributed by atoms with E-state index in [1.165, 1.54) is 12.1 Å². The van der Waals surface area contributed by atoms with Gasteiger partial charge in [-0.05, 0) is 36.6 Å². The molecular formula is C18H22FN3O. The Bertz CT molecular complexity index is 628. The number of carbonyl (C=O) groups is 1. The zero-order valence-electron chi connectivity index (χ0n) is 13.3. The fourth-order valence-corrected chi connectivity index (χ4v) is 2.14. The number of nitrogens with one attached hydrogen (secondary N) is 2. The average molecular weight is 315 g/mol. The fraction of sp³-hybridized carbons (Fsp3) is 0.333. The molecule has 23 heavy (non-hydrogen) atoms. The summed E-state index contributed by atoms with van der Waals surface area (Å²) in [7, 11) is 0. The topological polar surface area (TPSA) is 54.0 Å². The molecule has 122 valence electrons. The molecule has 0 aliphatic heterocycles. The van der Waals surface area contributed by atoms with E-state index >= 15 is 0 Å². The van der Waals surface area contributed by atoms with Crippen LogP contribution in [-0.2, 0) is 6.42 Å². The molecule has 0 atom stereocenters. The van der Waals surface area contributed by atoms with Gasteiger partial charge in [-0.2, -0.15) is 0 Å². The Hall–Kier alpha value is -2.43. The SMILES string of the molecule is CCCCNc1cncc(C(=O)NCCc2ccc(F)cc2)c1. The molecule has 0 radical (unpaired) electrons. The van der Waals surface area contributed by atoms with E-state index in [2.05, 4.69) is 22.5 Å². The number of carbonyl (C=O) groups excluding carboxylic acids is 1. The Kier molecular flexibility index (Phi) is 6.54. The maximum Gasteiger partial charge on any atom is 0.252 e. The minimum Gasteiger partial charge on any atom is -0.384 e. The largest absolute Gasteiger partial charge is 0.384 e. The van der Waals surface area contributed by atoms with Crippen molar-refractivity contribution in [1.82, 2.24) is 10.3 Å². The highest BCUT2D eigenvalue weighted by molar-refractivity contribution is 5.94. The molecular weight excluding hydrogens is 293 g/mol.